The SMILES string of the molecule is CCn1c(C2=C(O)CN(c3ccc(N4CCN(C)CC4)cc3)C2=N)nc2ccccc21. The van der Waals surface area contributed by atoms with Crippen LogP contribution in [0.4, 0.5) is 11.4 Å². The number of nitrogens with zero attached hydrogens (tertiary/aromatic N) is 5. The number of anilines is 2. The lowest BCUT2D eigenvalue weighted by Crippen LogP contribution is -2.44. The summed E-state index contributed by atoms with van der Waals surface area (Å²) in [5.74, 6) is 1.13. The summed E-state index contributed by atoms with van der Waals surface area (Å²) < 4.78 is 2.06. The minimum Gasteiger partial charge on any atom is -0.509 e. The van der Waals surface area contributed by atoms with Gasteiger partial charge >= 0.3 is 0 Å². The van der Waals surface area contributed by atoms with Crippen molar-refractivity contribution in [1.29, 1.82) is 5.41 Å². The predicted octanol–water partition coefficient (Wildman–Crippen LogP) is 3.57. The summed E-state index contributed by atoms with van der Waals surface area (Å²) in [6.45, 7) is 7.25. The first-order valence-electron chi connectivity index (χ1n) is 10.8. The van der Waals surface area contributed by atoms with Gasteiger partial charge in [-0.05, 0) is 50.4 Å². The molecule has 2 aliphatic heterocycles. The first-order valence-corrected chi connectivity index (χ1v) is 10.8. The van der Waals surface area contributed by atoms with E-state index in [0.717, 1.165) is 49.4 Å². The van der Waals surface area contributed by atoms with Crippen molar-refractivity contribution in [1.82, 2.24) is 14.5 Å². The molecule has 0 atom stereocenters. The van der Waals surface area contributed by atoms with Gasteiger partial charge in [0.05, 0.1) is 23.2 Å². The van der Waals surface area contributed by atoms with Gasteiger partial charge in [-0.25, -0.2) is 4.98 Å². The van der Waals surface area contributed by atoms with E-state index in [-0.39, 0.29) is 18.1 Å². The number of aromatic nitrogens is 2. The third-order valence-corrected chi connectivity index (χ3v) is 6.33. The number of amidine groups is 1. The van der Waals surface area contributed by atoms with Gasteiger partial charge in [-0.15, -0.1) is 0 Å². The zero-order chi connectivity index (χ0) is 21.5. The standard InChI is InChI=1S/C24H28N6O/c1-3-29-20-7-5-4-6-19(20)26-24(29)22-21(31)16-30(23(22)25)18-10-8-17(9-11-18)28-14-12-27(2)13-15-28/h4-11,25,31H,3,12-16H2,1-2H3. The van der Waals surface area contributed by atoms with E-state index in [0.29, 0.717) is 11.4 Å². The molecule has 1 aromatic heterocycles. The van der Waals surface area contributed by atoms with Gasteiger partial charge in [-0.1, -0.05) is 12.1 Å². The molecule has 31 heavy (non-hydrogen) atoms. The van der Waals surface area contributed by atoms with Crippen LogP contribution in [0, 0.1) is 5.41 Å². The number of piperazine rings is 1. The number of fused-ring (bicyclic) bond motifs is 1. The summed E-state index contributed by atoms with van der Waals surface area (Å²) in [4.78, 5) is 11.3. The number of nitrogens with one attached hydrogen (secondary N) is 1. The van der Waals surface area contributed by atoms with E-state index in [1.54, 1.807) is 0 Å². The fraction of sp³-hybridized carbons (Fsp3) is 0.333. The van der Waals surface area contributed by atoms with Crippen LogP contribution in [0.5, 0.6) is 0 Å². The number of aliphatic hydroxyl groups is 1. The smallest absolute Gasteiger partial charge is 0.148 e. The Balaban J connectivity index is 1.41. The first kappa shape index (κ1) is 19.6. The summed E-state index contributed by atoms with van der Waals surface area (Å²) in [6, 6.07) is 16.3. The van der Waals surface area contributed by atoms with Crippen LogP contribution in [0.3, 0.4) is 0 Å². The second kappa shape index (κ2) is 7.74. The van der Waals surface area contributed by atoms with E-state index in [1.165, 1.54) is 5.69 Å². The molecule has 0 aliphatic carbocycles. The third kappa shape index (κ3) is 3.35. The van der Waals surface area contributed by atoms with Crippen molar-refractivity contribution in [3.8, 4) is 0 Å². The molecule has 3 aromatic rings. The normalized spacial score (nSPS) is 17.9. The van der Waals surface area contributed by atoms with E-state index in [4.69, 9.17) is 10.4 Å². The molecule has 160 valence electrons. The molecule has 2 aliphatic rings. The number of benzene rings is 2. The maximum Gasteiger partial charge on any atom is 0.148 e. The number of para-hydroxylation sites is 2. The Morgan fingerprint density at radius 3 is 2.35 bits per heavy atom. The summed E-state index contributed by atoms with van der Waals surface area (Å²) >= 11 is 0. The third-order valence-electron chi connectivity index (χ3n) is 6.33. The Morgan fingerprint density at radius 1 is 0.968 bits per heavy atom. The van der Waals surface area contributed by atoms with Crippen molar-refractivity contribution in [2.24, 2.45) is 0 Å². The van der Waals surface area contributed by atoms with Crippen molar-refractivity contribution in [2.45, 2.75) is 13.5 Å². The number of likely N-dealkylation sites (N-methyl/N-ethyl adjacent to an activating group) is 1. The largest absolute Gasteiger partial charge is 0.509 e. The average Bonchev–Trinajstić information content (AvgIpc) is 3.30. The van der Waals surface area contributed by atoms with Gasteiger partial charge in [0.2, 0.25) is 0 Å². The van der Waals surface area contributed by atoms with Crippen LogP contribution in [0.15, 0.2) is 54.3 Å². The molecule has 0 unspecified atom stereocenters. The Hall–Kier alpha value is -3.32. The maximum atomic E-state index is 10.8. The minimum atomic E-state index is 0.193. The highest BCUT2D eigenvalue weighted by molar-refractivity contribution is 6.30. The van der Waals surface area contributed by atoms with Gasteiger partial charge in [0.25, 0.3) is 0 Å². The molecule has 0 spiro atoms. The topological polar surface area (TPSA) is 71.6 Å². The molecule has 3 heterocycles. The highest BCUT2D eigenvalue weighted by atomic mass is 16.3. The highest BCUT2D eigenvalue weighted by Gasteiger charge is 2.32. The fourth-order valence-electron chi connectivity index (χ4n) is 4.53. The van der Waals surface area contributed by atoms with Gasteiger partial charge in [0, 0.05) is 44.1 Å². The van der Waals surface area contributed by atoms with Gasteiger partial charge < -0.3 is 24.4 Å². The Kier molecular flexibility index (Phi) is 4.90. The Labute approximate surface area is 182 Å². The molecule has 1 saturated heterocycles. The van der Waals surface area contributed by atoms with Crippen molar-refractivity contribution in [3.63, 3.8) is 0 Å². The van der Waals surface area contributed by atoms with Gasteiger partial charge in [0.15, 0.2) is 0 Å². The van der Waals surface area contributed by atoms with Crippen LogP contribution in [0.1, 0.15) is 12.7 Å². The monoisotopic (exact) mass is 416 g/mol. The van der Waals surface area contributed by atoms with Crippen LogP contribution < -0.4 is 9.80 Å². The van der Waals surface area contributed by atoms with Crippen molar-refractivity contribution in [2.75, 3.05) is 49.6 Å². The lowest BCUT2D eigenvalue weighted by atomic mass is 10.2. The van der Waals surface area contributed by atoms with Gasteiger partial charge in [-0.3, -0.25) is 5.41 Å². The molecule has 7 nitrogen and oxygen atoms in total. The molecule has 0 radical (unpaired) electrons. The van der Waals surface area contributed by atoms with E-state index < -0.39 is 0 Å². The quantitative estimate of drug-likeness (QED) is 0.680. The number of rotatable bonds is 4. The molecule has 2 N–H and O–H groups in total. The zero-order valence-corrected chi connectivity index (χ0v) is 18.0. The number of hydrogen-bond donors (Lipinski definition) is 2. The summed E-state index contributed by atoms with van der Waals surface area (Å²) in [5, 5.41) is 19.6. The number of imidazole rings is 1. The summed E-state index contributed by atoms with van der Waals surface area (Å²) in [7, 11) is 2.16. The van der Waals surface area contributed by atoms with E-state index >= 15 is 0 Å². The van der Waals surface area contributed by atoms with Crippen LogP contribution in [0.2, 0.25) is 0 Å². The van der Waals surface area contributed by atoms with Crippen LogP contribution >= 0.6 is 0 Å². The van der Waals surface area contributed by atoms with Crippen molar-refractivity contribution < 1.29 is 5.11 Å². The van der Waals surface area contributed by atoms with E-state index in [1.807, 2.05) is 41.3 Å². The van der Waals surface area contributed by atoms with Crippen LogP contribution in [0.25, 0.3) is 16.6 Å². The zero-order valence-electron chi connectivity index (χ0n) is 18.0. The Morgan fingerprint density at radius 2 is 1.65 bits per heavy atom. The predicted molar refractivity (Wildman–Crippen MR) is 126 cm³/mol. The number of aliphatic hydroxyl groups excluding tert-OH is 1. The first-order chi connectivity index (χ1) is 15.1. The Bertz CT molecular complexity index is 1150. The summed E-state index contributed by atoms with van der Waals surface area (Å²) in [5.41, 5.74) is 4.52. The van der Waals surface area contributed by atoms with Gasteiger partial charge in [-0.2, -0.15) is 0 Å². The van der Waals surface area contributed by atoms with Gasteiger partial charge in [0.1, 0.15) is 17.4 Å². The molecule has 1 fully saturated rings. The lowest BCUT2D eigenvalue weighted by molar-refractivity contribution is 0.313. The molecule has 0 saturated carbocycles. The molecule has 7 heteroatoms. The highest BCUT2D eigenvalue weighted by Crippen LogP contribution is 2.33. The van der Waals surface area contributed by atoms with Crippen molar-refractivity contribution >= 4 is 33.8 Å². The second-order valence-corrected chi connectivity index (χ2v) is 8.23. The van der Waals surface area contributed by atoms with Crippen LogP contribution in [-0.4, -0.2) is 65.2 Å². The number of hydrogen-bond acceptors (Lipinski definition) is 5. The second-order valence-electron chi connectivity index (χ2n) is 8.23. The molecule has 5 rings (SSSR count). The fourth-order valence-corrected chi connectivity index (χ4v) is 4.53. The maximum absolute atomic E-state index is 10.8. The van der Waals surface area contributed by atoms with E-state index in [9.17, 15) is 5.11 Å². The lowest BCUT2D eigenvalue weighted by Gasteiger charge is -2.34. The molecule has 0 amide bonds. The van der Waals surface area contributed by atoms with Crippen molar-refractivity contribution in [3.05, 3.63) is 60.1 Å². The number of aryl methyl sites for hydroxylation is 1. The molecule has 2 aromatic carbocycles. The minimum absolute atomic E-state index is 0.193. The molecule has 0 bridgehead atoms. The van der Waals surface area contributed by atoms with Crippen LogP contribution in [-0.2, 0) is 6.54 Å². The van der Waals surface area contributed by atoms with E-state index in [2.05, 4.69) is 40.5 Å². The molecular formula is C24H28N6O. The molecular weight excluding hydrogens is 388 g/mol. The average molecular weight is 417 g/mol. The summed E-state index contributed by atoms with van der Waals surface area (Å²) in [6.07, 6.45) is 0.